The maximum atomic E-state index is 4.70. The Hall–Kier alpha value is -1.03. The molecule has 0 atom stereocenters. The monoisotopic (exact) mass is 293 g/mol. The number of hydrogen-bond donors (Lipinski definition) is 1. The van der Waals surface area contributed by atoms with E-state index in [1.165, 1.54) is 31.5 Å². The van der Waals surface area contributed by atoms with Crippen LogP contribution in [0.15, 0.2) is 22.9 Å². The number of anilines is 1. The first kappa shape index (κ1) is 11.1. The van der Waals surface area contributed by atoms with Gasteiger partial charge in [0.25, 0.3) is 0 Å². The summed E-state index contributed by atoms with van der Waals surface area (Å²) in [6.07, 6.45) is 7.36. The van der Waals surface area contributed by atoms with Gasteiger partial charge in [-0.25, -0.2) is 4.98 Å². The van der Waals surface area contributed by atoms with Gasteiger partial charge in [-0.05, 0) is 40.9 Å². The summed E-state index contributed by atoms with van der Waals surface area (Å²) < 4.78 is 3.19. The van der Waals surface area contributed by atoms with E-state index in [2.05, 4.69) is 44.0 Å². The molecule has 0 amide bonds. The van der Waals surface area contributed by atoms with Crippen LogP contribution in [0.25, 0.3) is 5.52 Å². The zero-order valence-corrected chi connectivity index (χ0v) is 11.5. The van der Waals surface area contributed by atoms with Crippen molar-refractivity contribution < 1.29 is 0 Å². The standard InChI is InChI=1S/C13H16BrN3/c1-15-10-6-7-11-12(14)16-13(17(11)8-10)9-4-2-3-5-9/h6-9,15H,2-5H2,1H3. The summed E-state index contributed by atoms with van der Waals surface area (Å²) in [7, 11) is 1.95. The van der Waals surface area contributed by atoms with Crippen molar-refractivity contribution >= 4 is 27.1 Å². The third kappa shape index (κ3) is 1.84. The fourth-order valence-corrected chi connectivity index (χ4v) is 3.19. The van der Waals surface area contributed by atoms with Crippen LogP contribution in [0.1, 0.15) is 37.4 Å². The molecule has 1 saturated carbocycles. The van der Waals surface area contributed by atoms with Gasteiger partial charge in [0.1, 0.15) is 10.4 Å². The molecule has 2 heterocycles. The van der Waals surface area contributed by atoms with Gasteiger partial charge < -0.3 is 9.72 Å². The molecule has 0 aromatic carbocycles. The topological polar surface area (TPSA) is 29.3 Å². The fraction of sp³-hybridized carbons (Fsp3) is 0.462. The SMILES string of the molecule is CNc1ccc2c(Br)nc(C3CCCC3)n2c1. The van der Waals surface area contributed by atoms with Crippen LogP contribution in [0.3, 0.4) is 0 Å². The van der Waals surface area contributed by atoms with Crippen LogP contribution in [-0.2, 0) is 0 Å². The molecule has 1 aliphatic rings. The third-order valence-corrected chi connectivity index (χ3v) is 4.21. The lowest BCUT2D eigenvalue weighted by atomic mass is 10.1. The number of halogens is 1. The Morgan fingerprint density at radius 3 is 2.82 bits per heavy atom. The summed E-state index contributed by atoms with van der Waals surface area (Å²) in [6.45, 7) is 0. The van der Waals surface area contributed by atoms with Crippen molar-refractivity contribution in [1.82, 2.24) is 9.38 Å². The van der Waals surface area contributed by atoms with E-state index >= 15 is 0 Å². The van der Waals surface area contributed by atoms with E-state index in [4.69, 9.17) is 4.98 Å². The van der Waals surface area contributed by atoms with Gasteiger partial charge in [0.15, 0.2) is 0 Å². The molecule has 1 aliphatic carbocycles. The van der Waals surface area contributed by atoms with Crippen molar-refractivity contribution in [2.24, 2.45) is 0 Å². The third-order valence-electron chi connectivity index (χ3n) is 3.63. The van der Waals surface area contributed by atoms with Crippen LogP contribution in [-0.4, -0.2) is 16.4 Å². The summed E-state index contributed by atoms with van der Waals surface area (Å²) in [5, 5.41) is 3.18. The maximum Gasteiger partial charge on any atom is 0.132 e. The number of aromatic nitrogens is 2. The molecule has 0 unspecified atom stereocenters. The lowest BCUT2D eigenvalue weighted by Crippen LogP contribution is -2.01. The molecular formula is C13H16BrN3. The van der Waals surface area contributed by atoms with Crippen molar-refractivity contribution in [1.29, 1.82) is 0 Å². The Kier molecular flexibility index (Phi) is 2.82. The second-order valence-corrected chi connectivity index (χ2v) is 5.42. The van der Waals surface area contributed by atoms with Gasteiger partial charge in [-0.15, -0.1) is 0 Å². The Morgan fingerprint density at radius 1 is 1.35 bits per heavy atom. The first-order valence-corrected chi connectivity index (χ1v) is 6.94. The zero-order chi connectivity index (χ0) is 11.8. The molecule has 0 bridgehead atoms. The molecule has 0 spiro atoms. The summed E-state index contributed by atoms with van der Waals surface area (Å²) in [5.74, 6) is 1.84. The zero-order valence-electron chi connectivity index (χ0n) is 9.91. The average Bonchev–Trinajstić information content (AvgIpc) is 2.97. The molecule has 1 fully saturated rings. The number of imidazole rings is 1. The van der Waals surface area contributed by atoms with E-state index in [0.29, 0.717) is 5.92 Å². The van der Waals surface area contributed by atoms with E-state index in [9.17, 15) is 0 Å². The van der Waals surface area contributed by atoms with Crippen molar-refractivity contribution in [2.75, 3.05) is 12.4 Å². The van der Waals surface area contributed by atoms with Gasteiger partial charge >= 0.3 is 0 Å². The molecular weight excluding hydrogens is 278 g/mol. The van der Waals surface area contributed by atoms with Gasteiger partial charge in [0.05, 0.1) is 11.2 Å². The van der Waals surface area contributed by atoms with Crippen LogP contribution in [0.4, 0.5) is 5.69 Å². The second kappa shape index (κ2) is 4.33. The first-order valence-electron chi connectivity index (χ1n) is 6.15. The van der Waals surface area contributed by atoms with Crippen LogP contribution < -0.4 is 5.32 Å². The highest BCUT2D eigenvalue weighted by Gasteiger charge is 2.22. The normalized spacial score (nSPS) is 16.8. The Balaban J connectivity index is 2.16. The highest BCUT2D eigenvalue weighted by Crippen LogP contribution is 2.35. The number of pyridine rings is 1. The molecule has 3 nitrogen and oxygen atoms in total. The van der Waals surface area contributed by atoms with Gasteiger partial charge in [0.2, 0.25) is 0 Å². The fourth-order valence-electron chi connectivity index (χ4n) is 2.69. The number of fused-ring (bicyclic) bond motifs is 1. The van der Waals surface area contributed by atoms with Crippen LogP contribution in [0.5, 0.6) is 0 Å². The molecule has 0 saturated heterocycles. The Morgan fingerprint density at radius 2 is 2.12 bits per heavy atom. The van der Waals surface area contributed by atoms with Crippen molar-refractivity contribution in [2.45, 2.75) is 31.6 Å². The highest BCUT2D eigenvalue weighted by molar-refractivity contribution is 9.10. The quantitative estimate of drug-likeness (QED) is 0.913. The number of rotatable bonds is 2. The van der Waals surface area contributed by atoms with Gasteiger partial charge in [-0.2, -0.15) is 0 Å². The minimum atomic E-state index is 0.626. The largest absolute Gasteiger partial charge is 0.387 e. The van der Waals surface area contributed by atoms with Crippen molar-refractivity contribution in [3.8, 4) is 0 Å². The lowest BCUT2D eigenvalue weighted by Gasteiger charge is -2.09. The van der Waals surface area contributed by atoms with Gasteiger partial charge in [0, 0.05) is 19.2 Å². The molecule has 17 heavy (non-hydrogen) atoms. The van der Waals surface area contributed by atoms with E-state index in [1.807, 2.05) is 7.05 Å². The summed E-state index contributed by atoms with van der Waals surface area (Å²) in [4.78, 5) is 4.70. The summed E-state index contributed by atoms with van der Waals surface area (Å²) in [5.41, 5.74) is 2.28. The van der Waals surface area contributed by atoms with E-state index in [0.717, 1.165) is 15.8 Å². The van der Waals surface area contributed by atoms with Gasteiger partial charge in [-0.1, -0.05) is 12.8 Å². The second-order valence-electron chi connectivity index (χ2n) is 4.67. The maximum absolute atomic E-state index is 4.70. The molecule has 2 aromatic rings. The minimum absolute atomic E-state index is 0.626. The molecule has 0 aliphatic heterocycles. The summed E-state index contributed by atoms with van der Waals surface area (Å²) in [6, 6.07) is 4.20. The Bertz CT molecular complexity index is 541. The minimum Gasteiger partial charge on any atom is -0.387 e. The number of hydrogen-bond acceptors (Lipinski definition) is 2. The van der Waals surface area contributed by atoms with E-state index in [1.54, 1.807) is 0 Å². The lowest BCUT2D eigenvalue weighted by molar-refractivity contribution is 0.664. The highest BCUT2D eigenvalue weighted by atomic mass is 79.9. The Labute approximate surface area is 109 Å². The van der Waals surface area contributed by atoms with Gasteiger partial charge in [-0.3, -0.25) is 0 Å². The molecule has 3 rings (SSSR count). The van der Waals surface area contributed by atoms with E-state index in [-0.39, 0.29) is 0 Å². The smallest absolute Gasteiger partial charge is 0.132 e. The molecule has 1 N–H and O–H groups in total. The van der Waals surface area contributed by atoms with Crippen molar-refractivity contribution in [3.63, 3.8) is 0 Å². The van der Waals surface area contributed by atoms with E-state index < -0.39 is 0 Å². The number of nitrogens with zero attached hydrogens (tertiary/aromatic N) is 2. The number of nitrogens with one attached hydrogen (secondary N) is 1. The first-order chi connectivity index (χ1) is 8.29. The molecule has 2 aromatic heterocycles. The molecule has 4 heteroatoms. The van der Waals surface area contributed by atoms with Crippen LogP contribution >= 0.6 is 15.9 Å². The van der Waals surface area contributed by atoms with Crippen LogP contribution in [0, 0.1) is 0 Å². The van der Waals surface area contributed by atoms with Crippen molar-refractivity contribution in [3.05, 3.63) is 28.8 Å². The predicted molar refractivity (Wildman–Crippen MR) is 73.6 cm³/mol. The van der Waals surface area contributed by atoms with Crippen LogP contribution in [0.2, 0.25) is 0 Å². The molecule has 0 radical (unpaired) electrons. The average molecular weight is 294 g/mol. The molecule has 90 valence electrons. The summed E-state index contributed by atoms with van der Waals surface area (Å²) >= 11 is 3.56. The predicted octanol–water partition coefficient (Wildman–Crippen LogP) is 3.80.